The molecule has 1 aromatic carbocycles. The first-order valence-electron chi connectivity index (χ1n) is 6.73. The Bertz CT molecular complexity index is 519. The van der Waals surface area contributed by atoms with E-state index in [-0.39, 0.29) is 5.88 Å². The first-order chi connectivity index (χ1) is 9.78. The molecule has 4 heteroatoms. The predicted octanol–water partition coefficient (Wildman–Crippen LogP) is 2.88. The molecule has 0 spiro atoms. The van der Waals surface area contributed by atoms with Gasteiger partial charge in [0.2, 0.25) is 0 Å². The fourth-order valence-electron chi connectivity index (χ4n) is 1.97. The maximum Gasteiger partial charge on any atom is 0.0847 e. The lowest BCUT2D eigenvalue weighted by Crippen LogP contribution is -2.20. The fraction of sp³-hybridized carbons (Fsp3) is 0.312. The van der Waals surface area contributed by atoms with Crippen LogP contribution in [0, 0.1) is 0 Å². The van der Waals surface area contributed by atoms with Crippen LogP contribution < -0.4 is 5.32 Å². The highest BCUT2D eigenvalue weighted by molar-refractivity contribution is 6.18. The largest absolute Gasteiger partial charge is 0.390 e. The Kier molecular flexibility index (Phi) is 5.84. The van der Waals surface area contributed by atoms with Gasteiger partial charge in [-0.2, -0.15) is 0 Å². The third kappa shape index (κ3) is 4.83. The van der Waals surface area contributed by atoms with Gasteiger partial charge in [0.05, 0.1) is 12.0 Å². The van der Waals surface area contributed by atoms with Gasteiger partial charge in [0, 0.05) is 24.6 Å². The topological polar surface area (TPSA) is 45.1 Å². The highest BCUT2D eigenvalue weighted by Gasteiger charge is 2.02. The molecule has 0 fully saturated rings. The number of hydrogen-bond acceptors (Lipinski definition) is 3. The number of aryl methyl sites for hydroxylation is 2. The van der Waals surface area contributed by atoms with E-state index in [0.717, 1.165) is 18.5 Å². The number of rotatable bonds is 7. The summed E-state index contributed by atoms with van der Waals surface area (Å²) in [5.41, 5.74) is 3.57. The van der Waals surface area contributed by atoms with E-state index in [0.29, 0.717) is 6.54 Å². The van der Waals surface area contributed by atoms with Gasteiger partial charge in [0.15, 0.2) is 0 Å². The second-order valence-corrected chi connectivity index (χ2v) is 5.05. The quantitative estimate of drug-likeness (QED) is 0.771. The lowest BCUT2D eigenvalue weighted by molar-refractivity contribution is 0.211. The van der Waals surface area contributed by atoms with E-state index >= 15 is 0 Å². The summed E-state index contributed by atoms with van der Waals surface area (Å²) < 4.78 is 0. The average Bonchev–Trinajstić information content (AvgIpc) is 2.52. The summed E-state index contributed by atoms with van der Waals surface area (Å²) >= 11 is 5.57. The Balaban J connectivity index is 1.89. The molecule has 0 aliphatic rings. The molecular formula is C16H19ClN2O. The van der Waals surface area contributed by atoms with E-state index in [2.05, 4.69) is 22.4 Å². The minimum Gasteiger partial charge on any atom is -0.390 e. The molecule has 3 nitrogen and oxygen atoms in total. The zero-order chi connectivity index (χ0) is 14.2. The molecule has 0 saturated carbocycles. The number of alkyl halides is 1. The zero-order valence-electron chi connectivity index (χ0n) is 11.3. The first-order valence-corrected chi connectivity index (χ1v) is 7.27. The molecule has 0 saturated heterocycles. The molecule has 1 heterocycles. The van der Waals surface area contributed by atoms with Crippen molar-refractivity contribution >= 4 is 17.3 Å². The maximum atomic E-state index is 9.44. The predicted molar refractivity (Wildman–Crippen MR) is 83.3 cm³/mol. The summed E-state index contributed by atoms with van der Waals surface area (Å²) in [5, 5.41) is 12.6. The van der Waals surface area contributed by atoms with Gasteiger partial charge in [0.1, 0.15) is 0 Å². The van der Waals surface area contributed by atoms with Gasteiger partial charge in [-0.15, -0.1) is 11.6 Å². The molecule has 20 heavy (non-hydrogen) atoms. The number of hydrogen-bond donors (Lipinski definition) is 2. The van der Waals surface area contributed by atoms with Crippen molar-refractivity contribution in [3.8, 4) is 0 Å². The van der Waals surface area contributed by atoms with Crippen LogP contribution in [0.1, 0.15) is 11.1 Å². The standard InChI is InChI=1S/C16H19ClN2O/c17-11-16(20)12-19-15-3-1-2-14(10-15)5-4-13-6-8-18-9-7-13/h1-3,6-10,16,19-20H,4-5,11-12H2. The summed E-state index contributed by atoms with van der Waals surface area (Å²) in [5.74, 6) is 0.245. The molecule has 1 aromatic heterocycles. The molecule has 106 valence electrons. The van der Waals surface area contributed by atoms with E-state index in [1.54, 1.807) is 0 Å². The van der Waals surface area contributed by atoms with Crippen LogP contribution >= 0.6 is 11.6 Å². The van der Waals surface area contributed by atoms with Gasteiger partial charge in [-0.1, -0.05) is 12.1 Å². The Morgan fingerprint density at radius 2 is 1.85 bits per heavy atom. The van der Waals surface area contributed by atoms with Crippen molar-refractivity contribution in [1.29, 1.82) is 0 Å². The van der Waals surface area contributed by atoms with E-state index in [4.69, 9.17) is 11.6 Å². The second kappa shape index (κ2) is 7.88. The van der Waals surface area contributed by atoms with Crippen LogP contribution in [-0.4, -0.2) is 28.6 Å². The van der Waals surface area contributed by atoms with Gasteiger partial charge in [0.25, 0.3) is 0 Å². The Morgan fingerprint density at radius 1 is 1.10 bits per heavy atom. The summed E-state index contributed by atoms with van der Waals surface area (Å²) in [6, 6.07) is 12.3. The van der Waals surface area contributed by atoms with Crippen LogP contribution in [0.25, 0.3) is 0 Å². The number of nitrogens with zero attached hydrogens (tertiary/aromatic N) is 1. The van der Waals surface area contributed by atoms with Crippen LogP contribution in [0.2, 0.25) is 0 Å². The normalized spacial score (nSPS) is 12.1. The molecule has 2 rings (SSSR count). The second-order valence-electron chi connectivity index (χ2n) is 4.74. The van der Waals surface area contributed by atoms with Gasteiger partial charge >= 0.3 is 0 Å². The highest BCUT2D eigenvalue weighted by atomic mass is 35.5. The van der Waals surface area contributed by atoms with E-state index in [1.165, 1.54) is 11.1 Å². The van der Waals surface area contributed by atoms with Gasteiger partial charge in [-0.05, 0) is 48.2 Å². The number of aliphatic hydroxyl groups is 1. The molecule has 0 aliphatic carbocycles. The monoisotopic (exact) mass is 290 g/mol. The van der Waals surface area contributed by atoms with Crippen molar-refractivity contribution in [2.24, 2.45) is 0 Å². The molecule has 2 N–H and O–H groups in total. The number of halogens is 1. The molecule has 0 radical (unpaired) electrons. The zero-order valence-corrected chi connectivity index (χ0v) is 12.1. The fourth-order valence-corrected chi connectivity index (χ4v) is 2.07. The van der Waals surface area contributed by atoms with Crippen molar-refractivity contribution in [3.63, 3.8) is 0 Å². The molecule has 0 bridgehead atoms. The SMILES string of the molecule is OC(CCl)CNc1cccc(CCc2ccncc2)c1. The first kappa shape index (κ1) is 14.8. The molecule has 0 aliphatic heterocycles. The lowest BCUT2D eigenvalue weighted by atomic mass is 10.0. The van der Waals surface area contributed by atoms with Crippen molar-refractivity contribution in [2.45, 2.75) is 18.9 Å². The van der Waals surface area contributed by atoms with Crippen LogP contribution in [0.5, 0.6) is 0 Å². The number of nitrogens with one attached hydrogen (secondary N) is 1. The van der Waals surface area contributed by atoms with E-state index in [1.807, 2.05) is 36.7 Å². The van der Waals surface area contributed by atoms with E-state index < -0.39 is 6.10 Å². The Hall–Kier alpha value is -1.58. The highest BCUT2D eigenvalue weighted by Crippen LogP contribution is 2.13. The van der Waals surface area contributed by atoms with Gasteiger partial charge < -0.3 is 10.4 Å². The molecule has 1 atom stereocenters. The van der Waals surface area contributed by atoms with Crippen molar-refractivity contribution < 1.29 is 5.11 Å². The van der Waals surface area contributed by atoms with Gasteiger partial charge in [-0.3, -0.25) is 4.98 Å². The van der Waals surface area contributed by atoms with Gasteiger partial charge in [-0.25, -0.2) is 0 Å². The molecule has 0 amide bonds. The van der Waals surface area contributed by atoms with Crippen LogP contribution in [-0.2, 0) is 12.8 Å². The minimum absolute atomic E-state index is 0.245. The van der Waals surface area contributed by atoms with Crippen molar-refractivity contribution in [1.82, 2.24) is 4.98 Å². The lowest BCUT2D eigenvalue weighted by Gasteiger charge is -2.11. The number of anilines is 1. The van der Waals surface area contributed by atoms with Crippen LogP contribution in [0.15, 0.2) is 48.8 Å². The Labute approximate surface area is 124 Å². The Morgan fingerprint density at radius 3 is 2.60 bits per heavy atom. The van der Waals surface area contributed by atoms with E-state index in [9.17, 15) is 5.11 Å². The number of aromatic nitrogens is 1. The molecule has 2 aromatic rings. The maximum absolute atomic E-state index is 9.44. The average molecular weight is 291 g/mol. The number of pyridine rings is 1. The van der Waals surface area contributed by atoms with Crippen molar-refractivity contribution in [3.05, 3.63) is 59.9 Å². The summed E-state index contributed by atoms with van der Waals surface area (Å²) in [7, 11) is 0. The summed E-state index contributed by atoms with van der Waals surface area (Å²) in [4.78, 5) is 4.02. The summed E-state index contributed by atoms with van der Waals surface area (Å²) in [6.07, 6.45) is 5.10. The van der Waals surface area contributed by atoms with Crippen LogP contribution in [0.3, 0.4) is 0 Å². The number of benzene rings is 1. The molecule has 1 unspecified atom stereocenters. The smallest absolute Gasteiger partial charge is 0.0847 e. The molecular weight excluding hydrogens is 272 g/mol. The third-order valence-electron chi connectivity index (χ3n) is 3.10. The van der Waals surface area contributed by atoms with Crippen LogP contribution in [0.4, 0.5) is 5.69 Å². The minimum atomic E-state index is -0.517. The number of aliphatic hydroxyl groups excluding tert-OH is 1. The van der Waals surface area contributed by atoms with Crippen molar-refractivity contribution in [2.75, 3.05) is 17.7 Å². The summed E-state index contributed by atoms with van der Waals surface area (Å²) in [6.45, 7) is 0.470. The third-order valence-corrected chi connectivity index (χ3v) is 3.45.